The van der Waals surface area contributed by atoms with Crippen LogP contribution in [-0.2, 0) is 60.5 Å². The average Bonchev–Trinajstić information content (AvgIpc) is 0.823. The van der Waals surface area contributed by atoms with Gasteiger partial charge in [-0.05, 0) is 113 Å². The number of rotatable bonds is 34. The number of alkyl halides is 12. The maximum Gasteiger partial charge on any atom is 0.488 e. The number of aliphatic hydroxyl groups excluding tert-OH is 1. The van der Waals surface area contributed by atoms with Crippen LogP contribution in [0.15, 0.2) is 121 Å². The summed E-state index contributed by atoms with van der Waals surface area (Å²) in [5.74, 6) is -5.89. The highest BCUT2D eigenvalue weighted by atomic mass is 19.4. The van der Waals surface area contributed by atoms with Gasteiger partial charge in [0.1, 0.15) is 13.1 Å². The van der Waals surface area contributed by atoms with Gasteiger partial charge in [-0.2, -0.15) is 52.7 Å². The first-order chi connectivity index (χ1) is 47.4. The smallest absolute Gasteiger partial charge is 0.450 e. The number of hydrogen-bond acceptors (Lipinski definition) is 14. The number of amides is 6. The minimum Gasteiger partial charge on any atom is -0.450 e. The van der Waals surface area contributed by atoms with E-state index in [1.807, 2.05) is 0 Å². The van der Waals surface area contributed by atoms with Gasteiger partial charge in [-0.3, -0.25) is 28.8 Å². The van der Waals surface area contributed by atoms with Crippen LogP contribution in [0.2, 0.25) is 0 Å². The maximum atomic E-state index is 14.1. The molecule has 0 aliphatic heterocycles. The molecule has 6 rings (SSSR count). The molecule has 0 bridgehead atoms. The van der Waals surface area contributed by atoms with Crippen LogP contribution in [0.25, 0.3) is 0 Å². The molecule has 6 aromatic rings. The topological polar surface area (TPSA) is 319 Å². The third-order valence-corrected chi connectivity index (χ3v) is 15.8. The van der Waals surface area contributed by atoms with Gasteiger partial charge in [0.25, 0.3) is 23.6 Å². The molecule has 0 heterocycles. The number of carbonyl (C=O) groups is 6. The van der Waals surface area contributed by atoms with E-state index in [-0.39, 0.29) is 47.4 Å². The molecule has 36 heteroatoms. The van der Waals surface area contributed by atoms with Crippen molar-refractivity contribution >= 4 is 86.1 Å². The van der Waals surface area contributed by atoms with E-state index < -0.39 is 181 Å². The first kappa shape index (κ1) is 81.2. The van der Waals surface area contributed by atoms with Crippen molar-refractivity contribution in [2.24, 2.45) is 0 Å². The van der Waals surface area contributed by atoms with Crippen LogP contribution >= 0.6 is 0 Å². The zero-order chi connectivity index (χ0) is 74.6. The fraction of sp³-hybridized carbons (Fsp3) is 0.354. The van der Waals surface area contributed by atoms with Crippen molar-refractivity contribution in [3.05, 3.63) is 188 Å². The van der Waals surface area contributed by atoms with E-state index in [9.17, 15) is 122 Å². The predicted octanol–water partition coefficient (Wildman–Crippen LogP) is 4.38. The van der Waals surface area contributed by atoms with Crippen molar-refractivity contribution in [1.29, 1.82) is 0 Å². The quantitative estimate of drug-likeness (QED) is 0.0152. The minimum atomic E-state index is -5.07. The molecular weight excluding hydrogens is 1360 g/mol. The van der Waals surface area contributed by atoms with E-state index in [2.05, 4.69) is 21.3 Å². The lowest BCUT2D eigenvalue weighted by Gasteiger charge is -2.25. The fourth-order valence-corrected chi connectivity index (χ4v) is 10.6. The fourth-order valence-electron chi connectivity index (χ4n) is 10.6. The Kier molecular flexibility index (Phi) is 29.5. The van der Waals surface area contributed by atoms with Crippen LogP contribution in [0.3, 0.4) is 0 Å². The normalized spacial score (nSPS) is 12.1. The Morgan fingerprint density at radius 3 is 1.10 bits per heavy atom. The summed E-state index contributed by atoms with van der Waals surface area (Å²) in [6, 6.07) is 19.1. The maximum absolute atomic E-state index is 14.1. The Morgan fingerprint density at radius 1 is 0.406 bits per heavy atom. The summed E-state index contributed by atoms with van der Waals surface area (Å²) in [6.07, 6.45) is -15.4. The summed E-state index contributed by atoms with van der Waals surface area (Å²) in [5, 5.41) is 88.4. The monoisotopic (exact) mass is 1430 g/mol. The molecule has 0 aliphatic rings. The Balaban J connectivity index is 0.974. The van der Waals surface area contributed by atoms with Crippen molar-refractivity contribution < 1.29 is 122 Å². The molecule has 0 aliphatic carbocycles. The largest absolute Gasteiger partial charge is 0.488 e. The van der Waals surface area contributed by atoms with Gasteiger partial charge >= 0.3 is 53.5 Å². The van der Waals surface area contributed by atoms with Crippen LogP contribution in [-0.4, -0.2) is 147 Å². The first-order valence-corrected chi connectivity index (χ1v) is 31.4. The standard InChI is InChI=1S/C65H69B4F12N6O14/c70-62(71,72)47-23-45(25-51(29-47)66-95)60(93)86(35-41-15-8-6-13-39(41)33-84-58(91)43-21-48(63(73,74)75)30-52(26-43)67(96)97)37-56(89)82-19-11-4-2-1-3-5-17-55(88)18-10-12-20-83-57(90)38-87(61(94)46-24-50(65(79,80)81)32-54(28-46)69(100)101)36-42-16-9-7-14-40(42)34-85-59(92)44-22-49(64(76,77)78)31-53(27-44)68(98)99/h6-9,13-16,21-32,55,88,95-101H,1-5,10-12,17-20,33-38H2,(H,82,89)(H,83,90)(H,84,91)(H,85,92)/t55-/m0/s1. The third kappa shape index (κ3) is 25.4. The second kappa shape index (κ2) is 36.7. The average molecular weight is 1430 g/mol. The zero-order valence-electron chi connectivity index (χ0n) is 53.6. The summed E-state index contributed by atoms with van der Waals surface area (Å²) >= 11 is 0. The van der Waals surface area contributed by atoms with Gasteiger partial charge in [-0.1, -0.05) is 116 Å². The summed E-state index contributed by atoms with van der Waals surface area (Å²) in [6.45, 7) is -3.11. The Morgan fingerprint density at radius 2 is 0.723 bits per heavy atom. The van der Waals surface area contributed by atoms with Gasteiger partial charge < -0.3 is 71.3 Å². The van der Waals surface area contributed by atoms with Crippen molar-refractivity contribution in [3.63, 3.8) is 0 Å². The van der Waals surface area contributed by atoms with E-state index >= 15 is 0 Å². The molecule has 0 aromatic heterocycles. The molecule has 0 unspecified atom stereocenters. The summed E-state index contributed by atoms with van der Waals surface area (Å²) < 4.78 is 166. The van der Waals surface area contributed by atoms with E-state index in [0.29, 0.717) is 114 Å². The molecule has 0 saturated heterocycles. The highest BCUT2D eigenvalue weighted by molar-refractivity contribution is 6.59. The SMILES string of the molecule is O=C(CN(Cc1ccccc1CNC(=O)c1cc(B(O)O)cc(C(F)(F)F)c1)C(=O)c1cc([B]O)cc(C(F)(F)F)c1)NCCCCCCCC[C@H](O)CCCCNC(=O)CN(Cc1ccccc1CNC(=O)c1cc(B(O)O)cc(C(F)(F)F)c1)C(=O)c1cc(B(O)O)cc(C(F)(F)F)c1. The lowest BCUT2D eigenvalue weighted by atomic mass is 9.78. The third-order valence-electron chi connectivity index (χ3n) is 15.8. The van der Waals surface area contributed by atoms with Crippen molar-refractivity contribution in [2.45, 2.75) is 121 Å². The number of unbranched alkanes of at least 4 members (excludes halogenated alkanes) is 6. The zero-order valence-corrected chi connectivity index (χ0v) is 53.6. The van der Waals surface area contributed by atoms with Crippen molar-refractivity contribution in [2.75, 3.05) is 26.2 Å². The number of nitrogens with one attached hydrogen (secondary N) is 4. The van der Waals surface area contributed by atoms with Crippen molar-refractivity contribution in [1.82, 2.24) is 31.1 Å². The summed E-state index contributed by atoms with van der Waals surface area (Å²) in [7, 11) is -6.82. The molecule has 1 radical (unpaired) electrons. The molecule has 0 saturated carbocycles. The van der Waals surface area contributed by atoms with Gasteiger partial charge in [-0.25, -0.2) is 0 Å². The molecule has 20 nitrogen and oxygen atoms in total. The number of nitrogens with zero attached hydrogens (tertiary/aromatic N) is 2. The van der Waals surface area contributed by atoms with Crippen LogP contribution in [0.1, 0.15) is 150 Å². The van der Waals surface area contributed by atoms with E-state index in [0.717, 1.165) is 40.5 Å². The molecule has 539 valence electrons. The number of aliphatic hydroxyl groups is 1. The van der Waals surface area contributed by atoms with Gasteiger partial charge in [0.15, 0.2) is 0 Å². The molecule has 101 heavy (non-hydrogen) atoms. The molecule has 12 N–H and O–H groups in total. The lowest BCUT2D eigenvalue weighted by Crippen LogP contribution is -2.41. The van der Waals surface area contributed by atoms with Crippen molar-refractivity contribution in [3.8, 4) is 0 Å². The summed E-state index contributed by atoms with van der Waals surface area (Å²) in [5.41, 5.74) is -9.20. The Hall–Kier alpha value is -8.76. The molecular formula is C65H69B4F12N6O14. The Labute approximate surface area is 572 Å². The van der Waals surface area contributed by atoms with Gasteiger partial charge in [0, 0.05) is 61.5 Å². The van der Waals surface area contributed by atoms with E-state index in [4.69, 9.17) is 0 Å². The van der Waals surface area contributed by atoms with Gasteiger partial charge in [0.2, 0.25) is 11.8 Å². The molecule has 0 spiro atoms. The number of benzene rings is 6. The summed E-state index contributed by atoms with van der Waals surface area (Å²) in [4.78, 5) is 83.2. The molecule has 6 amide bonds. The number of carbonyl (C=O) groups excluding carboxylic acids is 6. The minimum absolute atomic E-state index is 0.0202. The number of halogens is 12. The van der Waals surface area contributed by atoms with E-state index in [1.165, 1.54) is 48.5 Å². The number of hydrogen-bond donors (Lipinski definition) is 12. The highest BCUT2D eigenvalue weighted by Crippen LogP contribution is 2.33. The predicted molar refractivity (Wildman–Crippen MR) is 346 cm³/mol. The van der Waals surface area contributed by atoms with Gasteiger partial charge in [-0.15, -0.1) is 0 Å². The van der Waals surface area contributed by atoms with Crippen LogP contribution in [0.4, 0.5) is 52.7 Å². The Bertz CT molecular complexity index is 3850. The van der Waals surface area contributed by atoms with Crippen LogP contribution in [0, 0.1) is 0 Å². The molecule has 6 aromatic carbocycles. The van der Waals surface area contributed by atoms with Crippen LogP contribution < -0.4 is 43.1 Å². The van der Waals surface area contributed by atoms with Crippen LogP contribution in [0.5, 0.6) is 0 Å². The molecule has 1 atom stereocenters. The second-order valence-electron chi connectivity index (χ2n) is 23.6. The lowest BCUT2D eigenvalue weighted by molar-refractivity contribution is -0.138. The first-order valence-electron chi connectivity index (χ1n) is 31.4. The molecule has 0 fully saturated rings. The second-order valence-corrected chi connectivity index (χ2v) is 23.6. The highest BCUT2D eigenvalue weighted by Gasteiger charge is 2.37. The van der Waals surface area contributed by atoms with Gasteiger partial charge in [0.05, 0.1) is 28.4 Å². The van der Waals surface area contributed by atoms with E-state index in [1.54, 1.807) is 0 Å².